The SMILES string of the molecule is O=C(NCc1ccc(F)cc1F)c1cn2c(c(O)c1=O)C(=O)N1C(C2)O[C@@H]2C[C@H]1[C@@H]1[C@H]2C1(F)F. The van der Waals surface area contributed by atoms with Gasteiger partial charge in [-0.3, -0.25) is 14.4 Å². The minimum atomic E-state index is -2.91. The third kappa shape index (κ3) is 2.77. The zero-order chi connectivity index (χ0) is 24.1. The minimum absolute atomic E-state index is 0.0238. The lowest BCUT2D eigenvalue weighted by Gasteiger charge is -2.46. The van der Waals surface area contributed by atoms with Crippen LogP contribution in [-0.2, 0) is 17.8 Å². The van der Waals surface area contributed by atoms with Gasteiger partial charge in [0.1, 0.15) is 17.2 Å². The van der Waals surface area contributed by atoms with E-state index in [2.05, 4.69) is 5.32 Å². The maximum atomic E-state index is 14.1. The Morgan fingerprint density at radius 2 is 2.00 bits per heavy atom. The van der Waals surface area contributed by atoms with Crippen LogP contribution in [0.15, 0.2) is 29.2 Å². The number of amides is 2. The van der Waals surface area contributed by atoms with Crippen molar-refractivity contribution < 1.29 is 37.0 Å². The molecule has 34 heavy (non-hydrogen) atoms. The number of aromatic hydroxyl groups is 1. The van der Waals surface area contributed by atoms with Crippen molar-refractivity contribution in [3.05, 3.63) is 63.1 Å². The second-order valence-electron chi connectivity index (χ2n) is 9.01. The van der Waals surface area contributed by atoms with Gasteiger partial charge in [0.15, 0.2) is 17.7 Å². The molecule has 2 aliphatic carbocycles. The van der Waals surface area contributed by atoms with E-state index in [1.807, 2.05) is 0 Å². The van der Waals surface area contributed by atoms with Crippen LogP contribution in [0.25, 0.3) is 0 Å². The van der Waals surface area contributed by atoms with Gasteiger partial charge >= 0.3 is 0 Å². The number of carbonyl (C=O) groups is 2. The second kappa shape index (κ2) is 6.81. The Labute approximate surface area is 188 Å². The highest BCUT2D eigenvalue weighted by atomic mass is 19.3. The molecule has 1 unspecified atom stereocenters. The quantitative estimate of drug-likeness (QED) is 0.652. The molecule has 12 heteroatoms. The molecular weight excluding hydrogens is 462 g/mol. The number of nitrogens with zero attached hydrogens (tertiary/aromatic N) is 2. The molecule has 1 saturated heterocycles. The summed E-state index contributed by atoms with van der Waals surface area (Å²) in [6.45, 7) is -0.425. The lowest BCUT2D eigenvalue weighted by atomic mass is 10.0. The Kier molecular flexibility index (Phi) is 4.24. The van der Waals surface area contributed by atoms with Gasteiger partial charge in [-0.05, 0) is 12.5 Å². The summed E-state index contributed by atoms with van der Waals surface area (Å²) in [5.41, 5.74) is -2.06. The molecule has 2 aliphatic heterocycles. The summed E-state index contributed by atoms with van der Waals surface area (Å²) in [6, 6.07) is 2.04. The Morgan fingerprint density at radius 1 is 1.24 bits per heavy atom. The van der Waals surface area contributed by atoms with Crippen molar-refractivity contribution >= 4 is 11.8 Å². The van der Waals surface area contributed by atoms with E-state index in [1.165, 1.54) is 9.47 Å². The van der Waals surface area contributed by atoms with Crippen molar-refractivity contribution in [3.63, 3.8) is 0 Å². The Morgan fingerprint density at radius 3 is 2.74 bits per heavy atom. The number of carbonyl (C=O) groups excluding carboxylic acids is 2. The van der Waals surface area contributed by atoms with E-state index in [-0.39, 0.29) is 25.1 Å². The summed E-state index contributed by atoms with van der Waals surface area (Å²) in [7, 11) is 0. The molecule has 2 N–H and O–H groups in total. The summed E-state index contributed by atoms with van der Waals surface area (Å²) in [5.74, 6) is -9.30. The summed E-state index contributed by atoms with van der Waals surface area (Å²) >= 11 is 0. The van der Waals surface area contributed by atoms with Crippen LogP contribution >= 0.6 is 0 Å². The number of pyridine rings is 1. The summed E-state index contributed by atoms with van der Waals surface area (Å²) < 4.78 is 62.0. The van der Waals surface area contributed by atoms with Crippen LogP contribution in [0.3, 0.4) is 0 Å². The molecule has 6 rings (SSSR count). The number of aromatic nitrogens is 1. The monoisotopic (exact) mass is 479 g/mol. The molecule has 2 aromatic rings. The maximum Gasteiger partial charge on any atom is 0.276 e. The van der Waals surface area contributed by atoms with E-state index in [4.69, 9.17) is 4.74 Å². The van der Waals surface area contributed by atoms with Gasteiger partial charge in [0, 0.05) is 30.4 Å². The molecule has 8 nitrogen and oxygen atoms in total. The lowest BCUT2D eigenvalue weighted by molar-refractivity contribution is -0.163. The van der Waals surface area contributed by atoms with Gasteiger partial charge in [-0.2, -0.15) is 0 Å². The van der Waals surface area contributed by atoms with E-state index in [0.717, 1.165) is 18.3 Å². The minimum Gasteiger partial charge on any atom is -0.503 e. The van der Waals surface area contributed by atoms with Crippen molar-refractivity contribution in [2.75, 3.05) is 0 Å². The highest BCUT2D eigenvalue weighted by Crippen LogP contribution is 2.68. The first-order chi connectivity index (χ1) is 16.1. The largest absolute Gasteiger partial charge is 0.503 e. The molecule has 0 spiro atoms. The fourth-order valence-electron chi connectivity index (χ4n) is 5.61. The Bertz CT molecular complexity index is 1330. The number of hydrogen-bond donors (Lipinski definition) is 2. The first kappa shape index (κ1) is 21.1. The molecule has 178 valence electrons. The van der Waals surface area contributed by atoms with Crippen LogP contribution in [0.5, 0.6) is 5.75 Å². The molecule has 0 radical (unpaired) electrons. The molecule has 3 fully saturated rings. The number of hydrogen-bond acceptors (Lipinski definition) is 5. The van der Waals surface area contributed by atoms with Crippen LogP contribution < -0.4 is 10.7 Å². The molecule has 4 aliphatic rings. The fraction of sp³-hybridized carbons (Fsp3) is 0.409. The average Bonchev–Trinajstić information content (AvgIpc) is 3.20. The van der Waals surface area contributed by atoms with Crippen molar-refractivity contribution in [1.82, 2.24) is 14.8 Å². The van der Waals surface area contributed by atoms with E-state index in [9.17, 15) is 37.1 Å². The highest BCUT2D eigenvalue weighted by molar-refractivity contribution is 5.99. The first-order valence-corrected chi connectivity index (χ1v) is 10.6. The zero-order valence-corrected chi connectivity index (χ0v) is 17.3. The van der Waals surface area contributed by atoms with Crippen LogP contribution in [0.1, 0.15) is 32.8 Å². The average molecular weight is 479 g/mol. The number of rotatable bonds is 3. The lowest BCUT2D eigenvalue weighted by Crippen LogP contribution is -2.59. The van der Waals surface area contributed by atoms with E-state index in [0.29, 0.717) is 6.07 Å². The number of nitrogens with one attached hydrogen (secondary N) is 1. The van der Waals surface area contributed by atoms with Crippen LogP contribution in [0.4, 0.5) is 17.6 Å². The third-order valence-corrected chi connectivity index (χ3v) is 7.20. The van der Waals surface area contributed by atoms with Gasteiger partial charge in [-0.1, -0.05) is 6.07 Å². The zero-order valence-electron chi connectivity index (χ0n) is 17.3. The normalized spacial score (nSPS) is 29.8. The molecule has 2 bridgehead atoms. The third-order valence-electron chi connectivity index (χ3n) is 7.20. The molecule has 2 saturated carbocycles. The van der Waals surface area contributed by atoms with Gasteiger partial charge in [0.2, 0.25) is 5.43 Å². The molecule has 3 heterocycles. The Balaban J connectivity index is 1.29. The second-order valence-corrected chi connectivity index (χ2v) is 9.01. The van der Waals surface area contributed by atoms with Crippen molar-refractivity contribution in [2.24, 2.45) is 11.8 Å². The van der Waals surface area contributed by atoms with Gasteiger partial charge in [0.05, 0.1) is 24.5 Å². The van der Waals surface area contributed by atoms with Gasteiger partial charge in [-0.15, -0.1) is 0 Å². The predicted octanol–water partition coefficient (Wildman–Crippen LogP) is 1.60. The number of ether oxygens (including phenoxy) is 1. The van der Waals surface area contributed by atoms with Gasteiger partial charge < -0.3 is 24.6 Å². The van der Waals surface area contributed by atoms with Gasteiger partial charge in [-0.25, -0.2) is 17.6 Å². The van der Waals surface area contributed by atoms with E-state index >= 15 is 0 Å². The molecule has 2 amide bonds. The Hall–Kier alpha value is -3.41. The number of fused-ring (bicyclic) bond motifs is 8. The maximum absolute atomic E-state index is 14.1. The summed E-state index contributed by atoms with van der Waals surface area (Å²) in [5, 5.41) is 12.8. The highest BCUT2D eigenvalue weighted by Gasteiger charge is 2.80. The van der Waals surface area contributed by atoms with Crippen LogP contribution in [0, 0.1) is 23.5 Å². The summed E-state index contributed by atoms with van der Waals surface area (Å²) in [4.78, 5) is 39.6. The fourth-order valence-corrected chi connectivity index (χ4v) is 5.61. The van der Waals surface area contributed by atoms with E-state index < -0.39 is 82.0 Å². The van der Waals surface area contributed by atoms with Gasteiger partial charge in [0.25, 0.3) is 17.7 Å². The molecule has 1 aromatic carbocycles. The van der Waals surface area contributed by atoms with Crippen LogP contribution in [0.2, 0.25) is 0 Å². The topological polar surface area (TPSA) is 101 Å². The molecule has 1 aromatic heterocycles. The smallest absolute Gasteiger partial charge is 0.276 e. The summed E-state index contributed by atoms with van der Waals surface area (Å²) in [6.07, 6.45) is -0.225. The number of halogens is 4. The van der Waals surface area contributed by atoms with Crippen molar-refractivity contribution in [3.8, 4) is 5.75 Å². The number of alkyl halides is 2. The molecule has 5 atom stereocenters. The standard InChI is InChI=1S/C22H17F4N3O5/c23-9-2-1-8(11(24)3-9)5-27-20(32)10-6-28-7-14-29(21(33)17(28)19(31)18(10)30)12-4-13(34-14)16-15(12)22(16,25)26/h1-3,6,12-16,31H,4-5,7H2,(H,27,32)/t12-,13+,14?,15+,16-/m0/s1. The molecular formula is C22H17F4N3O5. The van der Waals surface area contributed by atoms with Crippen molar-refractivity contribution in [2.45, 2.75) is 43.8 Å². The predicted molar refractivity (Wildman–Crippen MR) is 105 cm³/mol. The first-order valence-electron chi connectivity index (χ1n) is 10.6. The van der Waals surface area contributed by atoms with Crippen LogP contribution in [-0.4, -0.2) is 50.7 Å². The van der Waals surface area contributed by atoms with E-state index in [1.54, 1.807) is 0 Å². The number of benzene rings is 1. The van der Waals surface area contributed by atoms with Crippen molar-refractivity contribution in [1.29, 1.82) is 0 Å².